The van der Waals surface area contributed by atoms with E-state index in [9.17, 15) is 4.79 Å². The third-order valence-electron chi connectivity index (χ3n) is 2.88. The highest BCUT2D eigenvalue weighted by Crippen LogP contribution is 2.05. The number of nitrogens with zero attached hydrogens (tertiary/aromatic N) is 2. The fourth-order valence-electron chi connectivity index (χ4n) is 1.86. The first-order valence-electron chi connectivity index (χ1n) is 6.08. The number of amides is 1. The summed E-state index contributed by atoms with van der Waals surface area (Å²) in [6.45, 7) is 5.63. The molecule has 2 heterocycles. The second-order valence-electron chi connectivity index (χ2n) is 4.21. The molecule has 0 unspecified atom stereocenters. The van der Waals surface area contributed by atoms with Gasteiger partial charge in [0.25, 0.3) is 5.91 Å². The molecule has 0 spiro atoms. The van der Waals surface area contributed by atoms with Gasteiger partial charge in [0.2, 0.25) is 0 Å². The predicted molar refractivity (Wildman–Crippen MR) is 70.9 cm³/mol. The van der Waals surface area contributed by atoms with Gasteiger partial charge in [-0.3, -0.25) is 9.69 Å². The van der Waals surface area contributed by atoms with Gasteiger partial charge < -0.3 is 10.6 Å². The Labute approximate surface area is 112 Å². The fraction of sp³-hybridized carbons (Fsp3) is 0.500. The van der Waals surface area contributed by atoms with Crippen LogP contribution in [0, 0.1) is 0 Å². The molecule has 0 aliphatic carbocycles. The number of pyridine rings is 1. The van der Waals surface area contributed by atoms with E-state index in [1.807, 2.05) is 0 Å². The largest absolute Gasteiger partial charge is 0.349 e. The lowest BCUT2D eigenvalue weighted by atomic mass is 10.3. The zero-order valence-corrected chi connectivity index (χ0v) is 10.9. The maximum absolute atomic E-state index is 11.8. The molecule has 0 atom stereocenters. The van der Waals surface area contributed by atoms with Crippen LogP contribution in [0.4, 0.5) is 0 Å². The smallest absolute Gasteiger partial charge is 0.269 e. The summed E-state index contributed by atoms with van der Waals surface area (Å²) in [6.07, 6.45) is 1.48. The van der Waals surface area contributed by atoms with Crippen LogP contribution >= 0.6 is 11.6 Å². The van der Waals surface area contributed by atoms with E-state index in [2.05, 4.69) is 20.5 Å². The van der Waals surface area contributed by atoms with Crippen molar-refractivity contribution in [3.63, 3.8) is 0 Å². The van der Waals surface area contributed by atoms with Crippen LogP contribution < -0.4 is 10.6 Å². The first kappa shape index (κ1) is 13.3. The van der Waals surface area contributed by atoms with Crippen LogP contribution in [0.1, 0.15) is 10.5 Å². The Hall–Kier alpha value is -1.17. The minimum absolute atomic E-state index is 0.151. The number of piperazine rings is 1. The van der Waals surface area contributed by atoms with Crippen molar-refractivity contribution in [2.75, 3.05) is 39.3 Å². The van der Waals surface area contributed by atoms with E-state index < -0.39 is 0 Å². The van der Waals surface area contributed by atoms with Crippen LogP contribution in [0.3, 0.4) is 0 Å². The van der Waals surface area contributed by atoms with E-state index >= 15 is 0 Å². The Balaban J connectivity index is 1.72. The monoisotopic (exact) mass is 268 g/mol. The van der Waals surface area contributed by atoms with Crippen LogP contribution in [0.25, 0.3) is 0 Å². The van der Waals surface area contributed by atoms with E-state index in [-0.39, 0.29) is 5.91 Å². The number of carbonyl (C=O) groups excluding carboxylic acids is 1. The molecule has 1 fully saturated rings. The summed E-state index contributed by atoms with van der Waals surface area (Å²) in [6, 6.07) is 3.29. The van der Waals surface area contributed by atoms with Crippen molar-refractivity contribution in [1.29, 1.82) is 0 Å². The molecule has 2 rings (SSSR count). The highest BCUT2D eigenvalue weighted by Gasteiger charge is 2.10. The van der Waals surface area contributed by atoms with Crippen molar-refractivity contribution in [1.82, 2.24) is 20.5 Å². The zero-order valence-electron chi connectivity index (χ0n) is 10.2. The molecule has 0 aromatic carbocycles. The predicted octanol–water partition coefficient (Wildman–Crippen LogP) is 0.370. The molecule has 0 bridgehead atoms. The van der Waals surface area contributed by atoms with Crippen LogP contribution in [0.15, 0.2) is 18.3 Å². The van der Waals surface area contributed by atoms with E-state index in [4.69, 9.17) is 11.6 Å². The molecule has 1 aliphatic heterocycles. The van der Waals surface area contributed by atoms with Gasteiger partial charge in [0.1, 0.15) is 5.69 Å². The number of nitrogens with one attached hydrogen (secondary N) is 2. The van der Waals surface area contributed by atoms with Gasteiger partial charge >= 0.3 is 0 Å². The third kappa shape index (κ3) is 3.94. The summed E-state index contributed by atoms with van der Waals surface area (Å²) in [5.74, 6) is -0.151. The van der Waals surface area contributed by atoms with E-state index in [0.29, 0.717) is 17.3 Å². The summed E-state index contributed by atoms with van der Waals surface area (Å²) in [5.41, 5.74) is 0.403. The summed E-state index contributed by atoms with van der Waals surface area (Å²) in [7, 11) is 0. The van der Waals surface area contributed by atoms with E-state index in [1.165, 1.54) is 6.20 Å². The minimum atomic E-state index is -0.151. The van der Waals surface area contributed by atoms with Gasteiger partial charge in [0.15, 0.2) is 0 Å². The minimum Gasteiger partial charge on any atom is -0.349 e. The quantitative estimate of drug-likeness (QED) is 0.829. The summed E-state index contributed by atoms with van der Waals surface area (Å²) < 4.78 is 0. The van der Waals surface area contributed by atoms with Crippen molar-refractivity contribution in [3.05, 3.63) is 29.0 Å². The molecular weight excluding hydrogens is 252 g/mol. The Morgan fingerprint density at radius 1 is 1.44 bits per heavy atom. The number of halogens is 1. The van der Waals surface area contributed by atoms with Crippen molar-refractivity contribution in [2.24, 2.45) is 0 Å². The second-order valence-corrected chi connectivity index (χ2v) is 4.65. The molecule has 98 valence electrons. The average Bonchev–Trinajstić information content (AvgIpc) is 2.40. The van der Waals surface area contributed by atoms with Gasteiger partial charge in [-0.25, -0.2) is 4.98 Å². The molecule has 6 heteroatoms. The molecule has 1 aliphatic rings. The van der Waals surface area contributed by atoms with Gasteiger partial charge in [-0.2, -0.15) is 0 Å². The summed E-state index contributed by atoms with van der Waals surface area (Å²) >= 11 is 5.72. The van der Waals surface area contributed by atoms with Crippen LogP contribution in [0.2, 0.25) is 5.02 Å². The number of rotatable bonds is 4. The highest BCUT2D eigenvalue weighted by atomic mass is 35.5. The van der Waals surface area contributed by atoms with Crippen LogP contribution in [-0.2, 0) is 0 Å². The molecule has 1 aromatic heterocycles. The molecule has 1 amide bonds. The highest BCUT2D eigenvalue weighted by molar-refractivity contribution is 6.30. The topological polar surface area (TPSA) is 57.3 Å². The van der Waals surface area contributed by atoms with E-state index in [0.717, 1.165) is 32.7 Å². The molecule has 1 saturated heterocycles. The number of hydrogen-bond donors (Lipinski definition) is 2. The number of carbonyl (C=O) groups is 1. The molecule has 2 N–H and O–H groups in total. The standard InChI is InChI=1S/C12H17ClN4O/c13-10-1-2-11(16-9-10)12(18)15-5-8-17-6-3-14-4-7-17/h1-2,9,14H,3-8H2,(H,15,18). The Morgan fingerprint density at radius 3 is 2.89 bits per heavy atom. The first-order valence-corrected chi connectivity index (χ1v) is 6.46. The lowest BCUT2D eigenvalue weighted by molar-refractivity contribution is 0.0942. The van der Waals surface area contributed by atoms with Gasteiger partial charge in [0.05, 0.1) is 5.02 Å². The average molecular weight is 269 g/mol. The maximum Gasteiger partial charge on any atom is 0.269 e. The Morgan fingerprint density at radius 2 is 2.22 bits per heavy atom. The van der Waals surface area contributed by atoms with Crippen molar-refractivity contribution < 1.29 is 4.79 Å². The third-order valence-corrected chi connectivity index (χ3v) is 3.11. The molecule has 0 radical (unpaired) electrons. The SMILES string of the molecule is O=C(NCCN1CCNCC1)c1ccc(Cl)cn1. The Bertz CT molecular complexity index is 390. The van der Waals surface area contributed by atoms with Crippen molar-refractivity contribution >= 4 is 17.5 Å². The van der Waals surface area contributed by atoms with Gasteiger partial charge in [0, 0.05) is 45.5 Å². The molecule has 1 aromatic rings. The van der Waals surface area contributed by atoms with Crippen molar-refractivity contribution in [3.8, 4) is 0 Å². The van der Waals surface area contributed by atoms with E-state index in [1.54, 1.807) is 12.1 Å². The van der Waals surface area contributed by atoms with Gasteiger partial charge in [-0.1, -0.05) is 11.6 Å². The molecule has 18 heavy (non-hydrogen) atoms. The Kier molecular flexibility index (Phi) is 4.92. The number of hydrogen-bond acceptors (Lipinski definition) is 4. The number of aromatic nitrogens is 1. The molecular formula is C12H17ClN4O. The van der Waals surface area contributed by atoms with Crippen LogP contribution in [-0.4, -0.2) is 55.1 Å². The van der Waals surface area contributed by atoms with Crippen LogP contribution in [0.5, 0.6) is 0 Å². The first-order chi connectivity index (χ1) is 8.75. The summed E-state index contributed by atoms with van der Waals surface area (Å²) in [4.78, 5) is 18.1. The normalized spacial score (nSPS) is 16.5. The lowest BCUT2D eigenvalue weighted by Crippen LogP contribution is -2.46. The molecule has 5 nitrogen and oxygen atoms in total. The van der Waals surface area contributed by atoms with Gasteiger partial charge in [-0.05, 0) is 12.1 Å². The zero-order chi connectivity index (χ0) is 12.8. The fourth-order valence-corrected chi connectivity index (χ4v) is 1.97. The summed E-state index contributed by atoms with van der Waals surface area (Å²) in [5, 5.41) is 6.69. The maximum atomic E-state index is 11.8. The van der Waals surface area contributed by atoms with Crippen molar-refractivity contribution in [2.45, 2.75) is 0 Å². The second kappa shape index (κ2) is 6.68. The van der Waals surface area contributed by atoms with Gasteiger partial charge in [-0.15, -0.1) is 0 Å². The molecule has 0 saturated carbocycles. The lowest BCUT2D eigenvalue weighted by Gasteiger charge is -2.27.